The summed E-state index contributed by atoms with van der Waals surface area (Å²) in [5.41, 5.74) is -0.463. The lowest BCUT2D eigenvalue weighted by atomic mass is 9.84. The Bertz CT molecular complexity index is 535. The third kappa shape index (κ3) is 9.03. The molecule has 5 heteroatoms. The van der Waals surface area contributed by atoms with Gasteiger partial charge in [-0.2, -0.15) is 0 Å². The van der Waals surface area contributed by atoms with E-state index in [1.54, 1.807) is 19.1 Å². The summed E-state index contributed by atoms with van der Waals surface area (Å²) in [7, 11) is 0. The third-order valence-electron chi connectivity index (χ3n) is 4.91. The monoisotopic (exact) mass is 378 g/mol. The van der Waals surface area contributed by atoms with Crippen molar-refractivity contribution in [2.24, 2.45) is 0 Å². The average molecular weight is 379 g/mol. The summed E-state index contributed by atoms with van der Waals surface area (Å²) in [5, 5.41) is 0. The molecule has 0 N–H and O–H groups in total. The maximum atomic E-state index is 12.5. The van der Waals surface area contributed by atoms with E-state index < -0.39 is 11.6 Å². The van der Waals surface area contributed by atoms with E-state index >= 15 is 0 Å². The van der Waals surface area contributed by atoms with Crippen LogP contribution in [0.15, 0.2) is 23.8 Å². The quantitative estimate of drug-likeness (QED) is 0.232. The van der Waals surface area contributed by atoms with Crippen molar-refractivity contribution in [1.29, 1.82) is 0 Å². The van der Waals surface area contributed by atoms with Gasteiger partial charge in [0.2, 0.25) is 5.78 Å². The lowest BCUT2D eigenvalue weighted by Gasteiger charge is -2.30. The number of carbonyl (C=O) groups is 3. The highest BCUT2D eigenvalue weighted by Gasteiger charge is 2.40. The van der Waals surface area contributed by atoms with E-state index in [2.05, 4.69) is 4.74 Å². The molecular formula is C22H34O5. The Morgan fingerprint density at radius 1 is 1.00 bits per heavy atom. The number of Topliss-reactive ketones (excluding diaryl/α,β-unsaturated/α-hetero) is 1. The van der Waals surface area contributed by atoms with Gasteiger partial charge in [0.15, 0.2) is 5.60 Å². The number of hydrogen-bond donors (Lipinski definition) is 0. The molecule has 0 bridgehead atoms. The van der Waals surface area contributed by atoms with Crippen molar-refractivity contribution in [2.45, 2.75) is 90.1 Å². The van der Waals surface area contributed by atoms with Crippen LogP contribution in [0, 0.1) is 0 Å². The fraction of sp³-hybridized carbons (Fsp3) is 0.682. The highest BCUT2D eigenvalue weighted by atomic mass is 16.6. The number of unbranched alkanes of at least 4 members (excludes halogenated alkanes) is 9. The fourth-order valence-corrected chi connectivity index (χ4v) is 3.45. The van der Waals surface area contributed by atoms with Crippen LogP contribution < -0.4 is 0 Å². The molecule has 27 heavy (non-hydrogen) atoms. The lowest BCUT2D eigenvalue weighted by Crippen LogP contribution is -2.42. The summed E-state index contributed by atoms with van der Waals surface area (Å²) in [6.07, 6.45) is 17.0. The van der Waals surface area contributed by atoms with Crippen molar-refractivity contribution < 1.29 is 23.9 Å². The highest BCUT2D eigenvalue weighted by Crippen LogP contribution is 2.29. The molecule has 0 spiro atoms. The number of ether oxygens (including phenoxy) is 2. The molecule has 5 nitrogen and oxygen atoms in total. The second kappa shape index (κ2) is 13.3. The van der Waals surface area contributed by atoms with Crippen LogP contribution in [0.2, 0.25) is 0 Å². The standard InChI is InChI=1S/C22H34O5/c1-19-14-13-16-22(21(19)25,27-20(2)24)15-11-9-7-5-3-4-6-8-10-12-17-26-18-23/h13-14,16,18H,3-12,15,17H2,1-2H3. The van der Waals surface area contributed by atoms with E-state index in [1.807, 2.05) is 6.08 Å². The van der Waals surface area contributed by atoms with Gasteiger partial charge in [0, 0.05) is 6.92 Å². The van der Waals surface area contributed by atoms with Crippen molar-refractivity contribution in [1.82, 2.24) is 0 Å². The zero-order valence-corrected chi connectivity index (χ0v) is 16.8. The Kier molecular flexibility index (Phi) is 11.4. The Labute approximate surface area is 163 Å². The van der Waals surface area contributed by atoms with Gasteiger partial charge < -0.3 is 9.47 Å². The van der Waals surface area contributed by atoms with Crippen LogP contribution in [0.3, 0.4) is 0 Å². The maximum absolute atomic E-state index is 12.5. The summed E-state index contributed by atoms with van der Waals surface area (Å²) >= 11 is 0. The van der Waals surface area contributed by atoms with E-state index in [1.165, 1.54) is 39.0 Å². The molecule has 0 aliphatic heterocycles. The molecular weight excluding hydrogens is 344 g/mol. The van der Waals surface area contributed by atoms with Gasteiger partial charge in [-0.05, 0) is 37.8 Å². The van der Waals surface area contributed by atoms with E-state index in [0.717, 1.165) is 32.1 Å². The molecule has 0 amide bonds. The molecule has 1 unspecified atom stereocenters. The number of allylic oxidation sites excluding steroid dienone is 2. The predicted octanol–water partition coefficient (Wildman–Crippen LogP) is 4.84. The number of carbonyl (C=O) groups excluding carboxylic acids is 3. The van der Waals surface area contributed by atoms with Crippen LogP contribution in [-0.2, 0) is 23.9 Å². The molecule has 0 radical (unpaired) electrons. The lowest BCUT2D eigenvalue weighted by molar-refractivity contribution is -0.159. The Balaban J connectivity index is 2.13. The van der Waals surface area contributed by atoms with Gasteiger partial charge in [0.1, 0.15) is 0 Å². The molecule has 152 valence electrons. The normalized spacial score (nSPS) is 18.9. The summed E-state index contributed by atoms with van der Waals surface area (Å²) in [6.45, 7) is 4.16. The average Bonchev–Trinajstić information content (AvgIpc) is 2.63. The number of hydrogen-bond acceptors (Lipinski definition) is 5. The summed E-state index contributed by atoms with van der Waals surface area (Å²) in [5.74, 6) is -0.515. The summed E-state index contributed by atoms with van der Waals surface area (Å²) < 4.78 is 10.1. The van der Waals surface area contributed by atoms with Gasteiger partial charge in [-0.25, -0.2) is 0 Å². The Hall–Kier alpha value is -1.91. The van der Waals surface area contributed by atoms with Gasteiger partial charge in [0.25, 0.3) is 6.47 Å². The number of esters is 1. The van der Waals surface area contributed by atoms with E-state index in [-0.39, 0.29) is 5.78 Å². The Morgan fingerprint density at radius 2 is 1.56 bits per heavy atom. The van der Waals surface area contributed by atoms with Crippen LogP contribution >= 0.6 is 0 Å². The first-order chi connectivity index (χ1) is 13.0. The topological polar surface area (TPSA) is 69.7 Å². The molecule has 0 aromatic carbocycles. The first-order valence-electron chi connectivity index (χ1n) is 10.2. The first kappa shape index (κ1) is 23.1. The molecule has 0 heterocycles. The second-order valence-electron chi connectivity index (χ2n) is 7.27. The molecule has 0 saturated carbocycles. The zero-order valence-electron chi connectivity index (χ0n) is 16.8. The minimum Gasteiger partial charge on any atom is -0.468 e. The van der Waals surface area contributed by atoms with Crippen molar-refractivity contribution in [3.8, 4) is 0 Å². The smallest absolute Gasteiger partial charge is 0.303 e. The molecule has 0 saturated heterocycles. The predicted molar refractivity (Wildman–Crippen MR) is 105 cm³/mol. The number of rotatable bonds is 15. The molecule has 0 aromatic heterocycles. The van der Waals surface area contributed by atoms with Gasteiger partial charge in [-0.3, -0.25) is 14.4 Å². The van der Waals surface area contributed by atoms with Gasteiger partial charge in [0.05, 0.1) is 6.61 Å². The van der Waals surface area contributed by atoms with Gasteiger partial charge in [-0.15, -0.1) is 0 Å². The third-order valence-corrected chi connectivity index (χ3v) is 4.91. The molecule has 1 aliphatic rings. The van der Waals surface area contributed by atoms with E-state index in [0.29, 0.717) is 25.1 Å². The van der Waals surface area contributed by atoms with E-state index in [4.69, 9.17) is 4.74 Å². The van der Waals surface area contributed by atoms with E-state index in [9.17, 15) is 14.4 Å². The summed E-state index contributed by atoms with van der Waals surface area (Å²) in [4.78, 5) is 34.0. The summed E-state index contributed by atoms with van der Waals surface area (Å²) in [6, 6.07) is 0. The van der Waals surface area contributed by atoms with Crippen molar-refractivity contribution in [3.63, 3.8) is 0 Å². The van der Waals surface area contributed by atoms with Crippen LogP contribution in [0.25, 0.3) is 0 Å². The minimum atomic E-state index is -1.10. The SMILES string of the molecule is CC(=O)OC1(CCCCCCCCCCCCOC=O)C=CC=C(C)C1=O. The van der Waals surface area contributed by atoms with Crippen LogP contribution in [0.1, 0.15) is 84.5 Å². The molecule has 0 fully saturated rings. The zero-order chi connectivity index (χ0) is 20.0. The largest absolute Gasteiger partial charge is 0.468 e. The van der Waals surface area contributed by atoms with Crippen LogP contribution in [0.5, 0.6) is 0 Å². The second-order valence-corrected chi connectivity index (χ2v) is 7.27. The Morgan fingerprint density at radius 3 is 2.11 bits per heavy atom. The number of ketones is 1. The van der Waals surface area contributed by atoms with Crippen molar-refractivity contribution >= 4 is 18.2 Å². The minimum absolute atomic E-state index is 0.0984. The maximum Gasteiger partial charge on any atom is 0.303 e. The van der Waals surface area contributed by atoms with Crippen LogP contribution in [-0.4, -0.2) is 30.4 Å². The molecule has 1 atom stereocenters. The molecule has 1 rings (SSSR count). The molecule has 0 aromatic rings. The van der Waals surface area contributed by atoms with Crippen LogP contribution in [0.4, 0.5) is 0 Å². The van der Waals surface area contributed by atoms with Gasteiger partial charge in [-0.1, -0.05) is 63.5 Å². The van der Waals surface area contributed by atoms with Gasteiger partial charge >= 0.3 is 5.97 Å². The van der Waals surface area contributed by atoms with Crippen molar-refractivity contribution in [3.05, 3.63) is 23.8 Å². The fourth-order valence-electron chi connectivity index (χ4n) is 3.45. The highest BCUT2D eigenvalue weighted by molar-refractivity contribution is 6.05. The first-order valence-corrected chi connectivity index (χ1v) is 10.2. The van der Waals surface area contributed by atoms with Crippen molar-refractivity contribution in [2.75, 3.05) is 6.61 Å². The molecule has 1 aliphatic carbocycles.